The molecule has 0 aromatic rings. The van der Waals surface area contributed by atoms with Crippen LogP contribution in [-0.4, -0.2) is 26.2 Å². The number of unbranched alkanes of at least 4 members (excludes halogenated alkanes) is 8. The molecular weight excluding hydrogens is 268 g/mol. The van der Waals surface area contributed by atoms with Gasteiger partial charge in [-0.15, -0.1) is 0 Å². The number of hydrogen-bond acceptors (Lipinski definition) is 2. The Hall–Kier alpha value is -0.0800. The lowest BCUT2D eigenvalue weighted by atomic mass is 10.1. The van der Waals surface area contributed by atoms with E-state index in [2.05, 4.69) is 38.3 Å². The largest absolute Gasteiger partial charge is 0.317 e. The van der Waals surface area contributed by atoms with Crippen LogP contribution in [-0.2, 0) is 0 Å². The fraction of sp³-hybridized carbons (Fsp3) is 1.00. The van der Waals surface area contributed by atoms with Gasteiger partial charge in [0.2, 0.25) is 0 Å². The molecule has 0 aliphatic carbocycles. The molecule has 0 aliphatic rings. The fourth-order valence-electron chi connectivity index (χ4n) is 2.33. The quantitative estimate of drug-likeness (QED) is 0.346. The van der Waals surface area contributed by atoms with Crippen molar-refractivity contribution in [3.8, 4) is 0 Å². The van der Waals surface area contributed by atoms with Gasteiger partial charge in [0.25, 0.3) is 0 Å². The Morgan fingerprint density at radius 3 is 1.05 bits per heavy atom. The van der Waals surface area contributed by atoms with Gasteiger partial charge in [0.1, 0.15) is 0 Å². The van der Waals surface area contributed by atoms with E-state index >= 15 is 0 Å². The summed E-state index contributed by atoms with van der Waals surface area (Å²) in [6.07, 6.45) is 16.7. The van der Waals surface area contributed by atoms with Crippen LogP contribution in [0.25, 0.3) is 0 Å². The third-order valence-corrected chi connectivity index (χ3v) is 3.77. The number of nitrogens with one attached hydrogen (secondary N) is 2. The van der Waals surface area contributed by atoms with E-state index < -0.39 is 0 Å². The lowest BCUT2D eigenvalue weighted by Crippen LogP contribution is -2.22. The molecule has 0 fully saturated rings. The summed E-state index contributed by atoms with van der Waals surface area (Å²) < 4.78 is 0. The van der Waals surface area contributed by atoms with Gasteiger partial charge in [-0.1, -0.05) is 85.5 Å². The van der Waals surface area contributed by atoms with E-state index in [1.807, 2.05) is 0 Å². The van der Waals surface area contributed by atoms with Crippen molar-refractivity contribution < 1.29 is 0 Å². The summed E-state index contributed by atoms with van der Waals surface area (Å²) in [6, 6.07) is 0. The zero-order valence-electron chi connectivity index (χ0n) is 16.3. The molecule has 2 heteroatoms. The minimum Gasteiger partial charge on any atom is -0.317 e. The standard InChI is InChI=1S/C11H24.C9H22N2/c1-3-5-7-9-11-10-8-6-4-2;1-3-6-10-8-5-9-11-7-4-2/h3-11H2,1-2H3;10-11H,3-9H2,1-2H3. The molecule has 0 saturated carbocycles. The van der Waals surface area contributed by atoms with Gasteiger partial charge in [-0.25, -0.2) is 0 Å². The molecule has 0 atom stereocenters. The maximum Gasteiger partial charge on any atom is -0.00368 e. The van der Waals surface area contributed by atoms with Crippen LogP contribution in [0, 0.1) is 0 Å². The van der Waals surface area contributed by atoms with E-state index in [4.69, 9.17) is 0 Å². The third-order valence-electron chi connectivity index (χ3n) is 3.77. The van der Waals surface area contributed by atoms with E-state index in [9.17, 15) is 0 Å². The van der Waals surface area contributed by atoms with Gasteiger partial charge < -0.3 is 10.6 Å². The lowest BCUT2D eigenvalue weighted by molar-refractivity contribution is 0.572. The first-order valence-corrected chi connectivity index (χ1v) is 10.2. The molecule has 0 unspecified atom stereocenters. The van der Waals surface area contributed by atoms with Crippen molar-refractivity contribution in [2.24, 2.45) is 0 Å². The normalized spacial score (nSPS) is 10.4. The van der Waals surface area contributed by atoms with Crippen molar-refractivity contribution in [3.63, 3.8) is 0 Å². The molecule has 0 rings (SSSR count). The molecule has 2 nitrogen and oxygen atoms in total. The van der Waals surface area contributed by atoms with Crippen molar-refractivity contribution in [2.75, 3.05) is 26.2 Å². The first-order valence-electron chi connectivity index (χ1n) is 10.2. The van der Waals surface area contributed by atoms with Crippen LogP contribution < -0.4 is 10.6 Å². The highest BCUT2D eigenvalue weighted by Crippen LogP contribution is 2.08. The Labute approximate surface area is 142 Å². The number of hydrogen-bond donors (Lipinski definition) is 2. The Kier molecular flexibility index (Phi) is 28.4. The summed E-state index contributed by atoms with van der Waals surface area (Å²) in [5, 5.41) is 6.74. The van der Waals surface area contributed by atoms with Gasteiger partial charge in [0.15, 0.2) is 0 Å². The van der Waals surface area contributed by atoms with Crippen LogP contribution in [0.3, 0.4) is 0 Å². The van der Waals surface area contributed by atoms with Gasteiger partial charge >= 0.3 is 0 Å². The highest BCUT2D eigenvalue weighted by Gasteiger charge is 1.89. The maximum absolute atomic E-state index is 3.37. The topological polar surface area (TPSA) is 24.1 Å². The van der Waals surface area contributed by atoms with E-state index in [1.54, 1.807) is 0 Å². The predicted molar refractivity (Wildman–Crippen MR) is 104 cm³/mol. The first-order chi connectivity index (χ1) is 10.8. The van der Waals surface area contributed by atoms with Crippen LogP contribution in [0.2, 0.25) is 0 Å². The molecule has 0 saturated heterocycles. The second-order valence-electron chi connectivity index (χ2n) is 6.33. The summed E-state index contributed by atoms with van der Waals surface area (Å²) in [4.78, 5) is 0. The smallest absolute Gasteiger partial charge is 0.00368 e. The lowest BCUT2D eigenvalue weighted by Gasteiger charge is -2.03. The second-order valence-corrected chi connectivity index (χ2v) is 6.33. The molecule has 0 amide bonds. The maximum atomic E-state index is 3.37. The first kappa shape index (κ1) is 24.2. The SMILES string of the molecule is CCCCCCCCCCC.CCCNCCCNCCC. The van der Waals surface area contributed by atoms with Gasteiger partial charge in [-0.2, -0.15) is 0 Å². The average molecular weight is 315 g/mol. The van der Waals surface area contributed by atoms with Crippen molar-refractivity contribution in [1.82, 2.24) is 10.6 Å². The van der Waals surface area contributed by atoms with E-state index in [0.29, 0.717) is 0 Å². The molecule has 0 spiro atoms. The fourth-order valence-corrected chi connectivity index (χ4v) is 2.33. The molecule has 0 radical (unpaired) electrons. The minimum atomic E-state index is 1.16. The van der Waals surface area contributed by atoms with Crippen LogP contribution in [0.5, 0.6) is 0 Å². The summed E-state index contributed by atoms with van der Waals surface area (Å²) in [5.74, 6) is 0. The Balaban J connectivity index is 0. The van der Waals surface area contributed by atoms with E-state index in [-0.39, 0.29) is 0 Å². The van der Waals surface area contributed by atoms with Gasteiger partial charge in [0.05, 0.1) is 0 Å². The average Bonchev–Trinajstić information content (AvgIpc) is 2.54. The second kappa shape index (κ2) is 25.9. The molecule has 0 aliphatic heterocycles. The Morgan fingerprint density at radius 1 is 0.364 bits per heavy atom. The Morgan fingerprint density at radius 2 is 0.727 bits per heavy atom. The zero-order chi connectivity index (χ0) is 16.7. The van der Waals surface area contributed by atoms with Crippen molar-refractivity contribution in [3.05, 3.63) is 0 Å². The zero-order valence-corrected chi connectivity index (χ0v) is 16.3. The summed E-state index contributed by atoms with van der Waals surface area (Å²) in [5.41, 5.74) is 0. The van der Waals surface area contributed by atoms with Crippen LogP contribution in [0.4, 0.5) is 0 Å². The van der Waals surface area contributed by atoms with Gasteiger partial charge in [-0.3, -0.25) is 0 Å². The third kappa shape index (κ3) is 28.1. The van der Waals surface area contributed by atoms with Crippen molar-refractivity contribution in [2.45, 2.75) is 105 Å². The van der Waals surface area contributed by atoms with Crippen molar-refractivity contribution in [1.29, 1.82) is 0 Å². The molecule has 0 heterocycles. The molecule has 0 aromatic heterocycles. The molecule has 2 N–H and O–H groups in total. The molecule has 136 valence electrons. The highest BCUT2D eigenvalue weighted by molar-refractivity contribution is 4.50. The van der Waals surface area contributed by atoms with Crippen LogP contribution >= 0.6 is 0 Å². The van der Waals surface area contributed by atoms with Crippen molar-refractivity contribution >= 4 is 0 Å². The Bertz CT molecular complexity index is 126. The molecule has 22 heavy (non-hydrogen) atoms. The monoisotopic (exact) mass is 314 g/mol. The summed E-state index contributed by atoms with van der Waals surface area (Å²) in [7, 11) is 0. The number of rotatable bonds is 16. The van der Waals surface area contributed by atoms with Gasteiger partial charge in [-0.05, 0) is 45.4 Å². The minimum absolute atomic E-state index is 1.16. The van der Waals surface area contributed by atoms with E-state index in [0.717, 1.165) is 26.2 Å². The molecule has 0 bridgehead atoms. The molecular formula is C20H46N2. The predicted octanol–water partition coefficient (Wildman–Crippen LogP) is 5.91. The van der Waals surface area contributed by atoms with Crippen LogP contribution in [0.1, 0.15) is 105 Å². The molecule has 0 aromatic carbocycles. The van der Waals surface area contributed by atoms with E-state index in [1.165, 1.54) is 77.0 Å². The van der Waals surface area contributed by atoms with Crippen LogP contribution in [0.15, 0.2) is 0 Å². The summed E-state index contributed by atoms with van der Waals surface area (Å²) >= 11 is 0. The highest BCUT2D eigenvalue weighted by atomic mass is 14.9. The van der Waals surface area contributed by atoms with Gasteiger partial charge in [0, 0.05) is 0 Å². The summed E-state index contributed by atoms with van der Waals surface area (Å²) in [6.45, 7) is 13.6.